The second kappa shape index (κ2) is 5.97. The van der Waals surface area contributed by atoms with Crippen molar-refractivity contribution in [2.75, 3.05) is 26.7 Å². The van der Waals surface area contributed by atoms with E-state index in [1.807, 2.05) is 0 Å². The molecule has 0 spiro atoms. The number of rotatable bonds is 3. The molecule has 2 amide bonds. The average molecular weight is 283 g/mol. The summed E-state index contributed by atoms with van der Waals surface area (Å²) in [4.78, 5) is 34.8. The van der Waals surface area contributed by atoms with Crippen molar-refractivity contribution >= 4 is 23.4 Å². The van der Waals surface area contributed by atoms with Crippen LogP contribution in [0, 0.1) is 0 Å². The molecule has 0 saturated carbocycles. The van der Waals surface area contributed by atoms with Crippen molar-refractivity contribution in [2.45, 2.75) is 12.8 Å². The first-order valence-electron chi connectivity index (χ1n) is 6.08. The van der Waals surface area contributed by atoms with Crippen LogP contribution in [0.25, 0.3) is 0 Å². The molecule has 1 aromatic rings. The summed E-state index contributed by atoms with van der Waals surface area (Å²) in [6.07, 6.45) is 4.69. The van der Waals surface area contributed by atoms with Crippen LogP contribution >= 0.6 is 11.6 Å². The predicted octanol–water partition coefficient (Wildman–Crippen LogP) is 0.824. The largest absolute Gasteiger partial charge is 0.341 e. The van der Waals surface area contributed by atoms with E-state index in [4.69, 9.17) is 11.6 Å². The number of amides is 2. The van der Waals surface area contributed by atoms with Gasteiger partial charge in [-0.05, 0) is 12.8 Å². The van der Waals surface area contributed by atoms with Crippen LogP contribution < -0.4 is 0 Å². The minimum atomic E-state index is -0.336. The van der Waals surface area contributed by atoms with Gasteiger partial charge in [-0.25, -0.2) is 9.97 Å². The molecule has 1 aliphatic rings. The molecular formula is C12H15ClN4O2. The highest BCUT2D eigenvalue weighted by molar-refractivity contribution is 6.29. The monoisotopic (exact) mass is 282 g/mol. The molecule has 102 valence electrons. The van der Waals surface area contributed by atoms with Crippen LogP contribution in [0.4, 0.5) is 0 Å². The second-order valence-corrected chi connectivity index (χ2v) is 4.86. The molecule has 0 aromatic carbocycles. The zero-order valence-electron chi connectivity index (χ0n) is 10.7. The van der Waals surface area contributed by atoms with Gasteiger partial charge in [0.05, 0.1) is 18.9 Å². The molecule has 2 heterocycles. The average Bonchev–Trinajstić information content (AvgIpc) is 2.92. The lowest BCUT2D eigenvalue weighted by Crippen LogP contribution is -2.40. The Labute approximate surface area is 116 Å². The Bertz CT molecular complexity index is 471. The van der Waals surface area contributed by atoms with Crippen LogP contribution in [0.1, 0.15) is 23.3 Å². The molecule has 2 rings (SSSR count). The van der Waals surface area contributed by atoms with E-state index in [2.05, 4.69) is 9.97 Å². The van der Waals surface area contributed by atoms with Crippen molar-refractivity contribution in [2.24, 2.45) is 0 Å². The number of hydrogen-bond donors (Lipinski definition) is 0. The SMILES string of the molecule is CN(CC(=O)N1CCCC1)C(=O)c1cnc(Cl)cn1. The van der Waals surface area contributed by atoms with Gasteiger partial charge in [-0.15, -0.1) is 0 Å². The number of halogens is 1. The number of carbonyl (C=O) groups is 2. The van der Waals surface area contributed by atoms with Crippen LogP contribution in [-0.2, 0) is 4.79 Å². The highest BCUT2D eigenvalue weighted by Gasteiger charge is 2.22. The minimum absolute atomic E-state index is 0.0322. The summed E-state index contributed by atoms with van der Waals surface area (Å²) in [5.41, 5.74) is 0.182. The zero-order chi connectivity index (χ0) is 13.8. The maximum absolute atomic E-state index is 12.0. The Hall–Kier alpha value is -1.69. The summed E-state index contributed by atoms with van der Waals surface area (Å²) >= 11 is 5.61. The van der Waals surface area contributed by atoms with Crippen LogP contribution in [0.2, 0.25) is 5.15 Å². The molecule has 1 saturated heterocycles. The molecule has 6 nitrogen and oxygen atoms in total. The van der Waals surface area contributed by atoms with E-state index in [1.165, 1.54) is 17.3 Å². The lowest BCUT2D eigenvalue weighted by atomic mass is 10.3. The molecule has 0 N–H and O–H groups in total. The maximum atomic E-state index is 12.0. The van der Waals surface area contributed by atoms with Gasteiger partial charge >= 0.3 is 0 Å². The standard InChI is InChI=1S/C12H15ClN4O2/c1-16(8-11(18)17-4-2-3-5-17)12(19)9-6-15-10(13)7-14-9/h6-7H,2-5,8H2,1H3. The Kier molecular flexibility index (Phi) is 4.31. The van der Waals surface area contributed by atoms with Gasteiger partial charge in [-0.3, -0.25) is 9.59 Å². The van der Waals surface area contributed by atoms with Crippen LogP contribution in [0.3, 0.4) is 0 Å². The Balaban J connectivity index is 1.95. The summed E-state index contributed by atoms with van der Waals surface area (Å²) in [5, 5.41) is 0.229. The summed E-state index contributed by atoms with van der Waals surface area (Å²) < 4.78 is 0. The molecule has 1 fully saturated rings. The fourth-order valence-corrected chi connectivity index (χ4v) is 2.06. The summed E-state index contributed by atoms with van der Waals surface area (Å²) in [7, 11) is 1.58. The molecule has 0 atom stereocenters. The van der Waals surface area contributed by atoms with Gasteiger partial charge in [-0.2, -0.15) is 0 Å². The van der Waals surface area contributed by atoms with Crippen molar-refractivity contribution in [3.63, 3.8) is 0 Å². The van der Waals surface area contributed by atoms with Crippen LogP contribution in [-0.4, -0.2) is 58.3 Å². The van der Waals surface area contributed by atoms with Crippen molar-refractivity contribution < 1.29 is 9.59 Å². The zero-order valence-corrected chi connectivity index (χ0v) is 11.4. The van der Waals surface area contributed by atoms with Gasteiger partial charge in [0.1, 0.15) is 10.8 Å². The molecule has 1 aliphatic heterocycles. The van der Waals surface area contributed by atoms with Crippen LogP contribution in [0.15, 0.2) is 12.4 Å². The predicted molar refractivity (Wildman–Crippen MR) is 69.8 cm³/mol. The second-order valence-electron chi connectivity index (χ2n) is 4.47. The number of carbonyl (C=O) groups excluding carboxylic acids is 2. The molecule has 7 heteroatoms. The normalized spacial score (nSPS) is 14.5. The van der Waals surface area contributed by atoms with Gasteiger partial charge in [0.25, 0.3) is 5.91 Å². The first-order chi connectivity index (χ1) is 9.08. The summed E-state index contributed by atoms with van der Waals surface area (Å²) in [6.45, 7) is 1.62. The fraction of sp³-hybridized carbons (Fsp3) is 0.500. The minimum Gasteiger partial charge on any atom is -0.341 e. The lowest BCUT2D eigenvalue weighted by molar-refractivity contribution is -0.130. The van der Waals surface area contributed by atoms with Crippen molar-refractivity contribution in [1.82, 2.24) is 19.8 Å². The first-order valence-corrected chi connectivity index (χ1v) is 6.46. The van der Waals surface area contributed by atoms with Gasteiger partial charge in [0.15, 0.2) is 0 Å². The fourth-order valence-electron chi connectivity index (χ4n) is 1.96. The number of hydrogen-bond acceptors (Lipinski definition) is 4. The Morgan fingerprint density at radius 3 is 2.58 bits per heavy atom. The molecule has 0 unspecified atom stereocenters. The van der Waals surface area contributed by atoms with Gasteiger partial charge in [-0.1, -0.05) is 11.6 Å². The van der Waals surface area contributed by atoms with Crippen molar-refractivity contribution in [3.8, 4) is 0 Å². The van der Waals surface area contributed by atoms with E-state index in [0.29, 0.717) is 0 Å². The van der Waals surface area contributed by atoms with Gasteiger partial charge in [0, 0.05) is 20.1 Å². The Morgan fingerprint density at radius 1 is 1.32 bits per heavy atom. The molecule has 0 radical (unpaired) electrons. The highest BCUT2D eigenvalue weighted by Crippen LogP contribution is 2.09. The molecular weight excluding hydrogens is 268 g/mol. The van der Waals surface area contributed by atoms with Gasteiger partial charge < -0.3 is 9.80 Å². The summed E-state index contributed by atoms with van der Waals surface area (Å²) in [6, 6.07) is 0. The quantitative estimate of drug-likeness (QED) is 0.823. The van der Waals surface area contributed by atoms with E-state index in [-0.39, 0.29) is 29.2 Å². The van der Waals surface area contributed by atoms with Crippen molar-refractivity contribution in [3.05, 3.63) is 23.2 Å². The number of aromatic nitrogens is 2. The first kappa shape index (κ1) is 13.7. The van der Waals surface area contributed by atoms with E-state index in [9.17, 15) is 9.59 Å². The maximum Gasteiger partial charge on any atom is 0.274 e. The molecule has 19 heavy (non-hydrogen) atoms. The Morgan fingerprint density at radius 2 is 2.00 bits per heavy atom. The van der Waals surface area contributed by atoms with Gasteiger partial charge in [0.2, 0.25) is 5.91 Å². The third kappa shape index (κ3) is 3.41. The number of likely N-dealkylation sites (N-methyl/N-ethyl adjacent to an activating group) is 1. The molecule has 0 bridgehead atoms. The van der Waals surface area contributed by atoms with E-state index >= 15 is 0 Å². The number of likely N-dealkylation sites (tertiary alicyclic amines) is 1. The van der Waals surface area contributed by atoms with Crippen LogP contribution in [0.5, 0.6) is 0 Å². The van der Waals surface area contributed by atoms with Crippen molar-refractivity contribution in [1.29, 1.82) is 0 Å². The third-order valence-electron chi connectivity index (χ3n) is 3.02. The van der Waals surface area contributed by atoms with E-state index in [0.717, 1.165) is 25.9 Å². The van der Waals surface area contributed by atoms with E-state index in [1.54, 1.807) is 11.9 Å². The third-order valence-corrected chi connectivity index (χ3v) is 3.21. The molecule has 1 aromatic heterocycles. The topological polar surface area (TPSA) is 66.4 Å². The lowest BCUT2D eigenvalue weighted by Gasteiger charge is -2.20. The van der Waals surface area contributed by atoms with E-state index < -0.39 is 0 Å². The highest BCUT2D eigenvalue weighted by atomic mass is 35.5. The smallest absolute Gasteiger partial charge is 0.274 e. The molecule has 0 aliphatic carbocycles. The summed E-state index contributed by atoms with van der Waals surface area (Å²) in [5.74, 6) is -0.369. The number of nitrogens with zero attached hydrogens (tertiary/aromatic N) is 4.